The summed E-state index contributed by atoms with van der Waals surface area (Å²) in [7, 11) is 0. The molecular weight excluding hydrogens is 222 g/mol. The maximum atomic E-state index is 9.45. The molecule has 0 aromatic carbocycles. The van der Waals surface area contributed by atoms with E-state index in [0.29, 0.717) is 12.5 Å². The number of rotatable bonds is 4. The van der Waals surface area contributed by atoms with Crippen molar-refractivity contribution < 1.29 is 5.11 Å². The molecule has 2 heteroatoms. The van der Waals surface area contributed by atoms with E-state index in [1.807, 2.05) is 0 Å². The van der Waals surface area contributed by atoms with E-state index in [0.717, 1.165) is 30.3 Å². The fourth-order valence-corrected chi connectivity index (χ4v) is 4.23. The topological polar surface area (TPSA) is 32.3 Å². The van der Waals surface area contributed by atoms with Crippen molar-refractivity contribution >= 4 is 0 Å². The van der Waals surface area contributed by atoms with Gasteiger partial charge in [0, 0.05) is 12.6 Å². The normalized spacial score (nSPS) is 41.8. The first-order valence-corrected chi connectivity index (χ1v) is 8.03. The standard InChI is InChI=1S/C16H31NO/c1-12-7-13(2)9-16(8-12)17-10-14-5-3-4-6-15(14)11-18/h12-18H,3-11H2,1-2H3. The van der Waals surface area contributed by atoms with Crippen LogP contribution in [0.3, 0.4) is 0 Å². The molecule has 0 bridgehead atoms. The minimum atomic E-state index is 0.393. The summed E-state index contributed by atoms with van der Waals surface area (Å²) in [6, 6.07) is 0.727. The highest BCUT2D eigenvalue weighted by atomic mass is 16.3. The van der Waals surface area contributed by atoms with Gasteiger partial charge in [0.25, 0.3) is 0 Å². The second-order valence-corrected chi connectivity index (χ2v) is 7.01. The predicted octanol–water partition coefficient (Wildman–Crippen LogP) is 3.20. The lowest BCUT2D eigenvalue weighted by Gasteiger charge is -2.35. The van der Waals surface area contributed by atoms with Crippen molar-refractivity contribution in [2.45, 2.75) is 64.8 Å². The van der Waals surface area contributed by atoms with Crippen molar-refractivity contribution in [3.05, 3.63) is 0 Å². The van der Waals surface area contributed by atoms with E-state index < -0.39 is 0 Å². The largest absolute Gasteiger partial charge is 0.396 e. The van der Waals surface area contributed by atoms with Gasteiger partial charge in [-0.2, -0.15) is 0 Å². The van der Waals surface area contributed by atoms with Crippen LogP contribution in [0.5, 0.6) is 0 Å². The van der Waals surface area contributed by atoms with Gasteiger partial charge >= 0.3 is 0 Å². The minimum Gasteiger partial charge on any atom is -0.396 e. The summed E-state index contributed by atoms with van der Waals surface area (Å²) in [5, 5.41) is 13.3. The van der Waals surface area contributed by atoms with Gasteiger partial charge in [-0.25, -0.2) is 0 Å². The Hall–Kier alpha value is -0.0800. The lowest BCUT2D eigenvalue weighted by Crippen LogP contribution is -2.41. The van der Waals surface area contributed by atoms with Crippen LogP contribution in [0.4, 0.5) is 0 Å². The van der Waals surface area contributed by atoms with E-state index in [2.05, 4.69) is 19.2 Å². The summed E-state index contributed by atoms with van der Waals surface area (Å²) >= 11 is 0. The first-order valence-electron chi connectivity index (χ1n) is 8.03. The number of nitrogens with one attached hydrogen (secondary N) is 1. The third-order valence-corrected chi connectivity index (χ3v) is 5.15. The highest BCUT2D eigenvalue weighted by Gasteiger charge is 2.27. The fourth-order valence-electron chi connectivity index (χ4n) is 4.23. The molecule has 0 aromatic heterocycles. The van der Waals surface area contributed by atoms with Crippen molar-refractivity contribution in [3.8, 4) is 0 Å². The van der Waals surface area contributed by atoms with Crippen LogP contribution in [-0.2, 0) is 0 Å². The Morgan fingerprint density at radius 2 is 1.56 bits per heavy atom. The van der Waals surface area contributed by atoms with Crippen LogP contribution in [0.15, 0.2) is 0 Å². The molecule has 0 heterocycles. The van der Waals surface area contributed by atoms with Gasteiger partial charge in [-0.15, -0.1) is 0 Å². The van der Waals surface area contributed by atoms with Crippen LogP contribution in [0.25, 0.3) is 0 Å². The van der Waals surface area contributed by atoms with Gasteiger partial charge in [-0.3, -0.25) is 0 Å². The van der Waals surface area contributed by atoms with E-state index >= 15 is 0 Å². The number of hydrogen-bond donors (Lipinski definition) is 2. The Balaban J connectivity index is 1.75. The number of aliphatic hydroxyl groups excluding tert-OH is 1. The highest BCUT2D eigenvalue weighted by molar-refractivity contribution is 4.83. The van der Waals surface area contributed by atoms with Crippen LogP contribution < -0.4 is 5.32 Å². The predicted molar refractivity (Wildman–Crippen MR) is 76.5 cm³/mol. The summed E-state index contributed by atoms with van der Waals surface area (Å²) < 4.78 is 0. The lowest BCUT2D eigenvalue weighted by atomic mass is 9.78. The van der Waals surface area contributed by atoms with Crippen molar-refractivity contribution in [2.75, 3.05) is 13.2 Å². The Morgan fingerprint density at radius 3 is 2.17 bits per heavy atom. The molecule has 0 aliphatic heterocycles. The van der Waals surface area contributed by atoms with Gasteiger partial charge in [-0.05, 0) is 62.3 Å². The molecule has 2 saturated carbocycles. The first kappa shape index (κ1) is 14.3. The Labute approximate surface area is 113 Å². The average Bonchev–Trinajstić information content (AvgIpc) is 2.35. The third kappa shape index (κ3) is 3.96. The Bertz CT molecular complexity index is 233. The molecule has 4 atom stereocenters. The second kappa shape index (κ2) is 6.91. The summed E-state index contributed by atoms with van der Waals surface area (Å²) in [4.78, 5) is 0. The molecule has 2 aliphatic rings. The van der Waals surface area contributed by atoms with Crippen LogP contribution in [-0.4, -0.2) is 24.3 Å². The smallest absolute Gasteiger partial charge is 0.0462 e. The van der Waals surface area contributed by atoms with Crippen LogP contribution in [0, 0.1) is 23.7 Å². The molecule has 4 unspecified atom stereocenters. The van der Waals surface area contributed by atoms with Crippen molar-refractivity contribution in [1.82, 2.24) is 5.32 Å². The van der Waals surface area contributed by atoms with Crippen molar-refractivity contribution in [2.24, 2.45) is 23.7 Å². The van der Waals surface area contributed by atoms with Crippen LogP contribution in [0.2, 0.25) is 0 Å². The molecule has 106 valence electrons. The average molecular weight is 253 g/mol. The molecule has 0 aromatic rings. The summed E-state index contributed by atoms with van der Waals surface area (Å²) in [5.41, 5.74) is 0. The van der Waals surface area contributed by atoms with Crippen LogP contribution in [0.1, 0.15) is 58.8 Å². The van der Waals surface area contributed by atoms with E-state index in [9.17, 15) is 5.11 Å². The van der Waals surface area contributed by atoms with E-state index in [1.54, 1.807) is 0 Å². The summed E-state index contributed by atoms with van der Waals surface area (Å²) in [5.74, 6) is 3.04. The molecule has 2 nitrogen and oxygen atoms in total. The monoisotopic (exact) mass is 253 g/mol. The molecule has 0 amide bonds. The maximum Gasteiger partial charge on any atom is 0.0462 e. The van der Waals surface area contributed by atoms with E-state index in [-0.39, 0.29) is 0 Å². The van der Waals surface area contributed by atoms with Gasteiger partial charge < -0.3 is 10.4 Å². The highest BCUT2D eigenvalue weighted by Crippen LogP contribution is 2.31. The van der Waals surface area contributed by atoms with Crippen LogP contribution >= 0.6 is 0 Å². The zero-order chi connectivity index (χ0) is 13.0. The van der Waals surface area contributed by atoms with Crippen molar-refractivity contribution in [3.63, 3.8) is 0 Å². The molecule has 2 N–H and O–H groups in total. The molecule has 0 spiro atoms. The van der Waals surface area contributed by atoms with E-state index in [1.165, 1.54) is 44.9 Å². The van der Waals surface area contributed by atoms with Crippen molar-refractivity contribution in [1.29, 1.82) is 0 Å². The first-order chi connectivity index (χ1) is 8.69. The third-order valence-electron chi connectivity index (χ3n) is 5.15. The van der Waals surface area contributed by atoms with Gasteiger partial charge in [-0.1, -0.05) is 26.7 Å². The lowest BCUT2D eigenvalue weighted by molar-refractivity contribution is 0.126. The maximum absolute atomic E-state index is 9.45. The molecule has 0 radical (unpaired) electrons. The van der Waals surface area contributed by atoms with E-state index in [4.69, 9.17) is 0 Å². The zero-order valence-electron chi connectivity index (χ0n) is 12.2. The summed E-state index contributed by atoms with van der Waals surface area (Å²) in [6.07, 6.45) is 9.33. The van der Waals surface area contributed by atoms with Gasteiger partial charge in [0.15, 0.2) is 0 Å². The molecular formula is C16H31NO. The summed E-state index contributed by atoms with van der Waals surface area (Å²) in [6.45, 7) is 6.31. The fraction of sp³-hybridized carbons (Fsp3) is 1.00. The quantitative estimate of drug-likeness (QED) is 0.806. The number of aliphatic hydroxyl groups is 1. The second-order valence-electron chi connectivity index (χ2n) is 7.01. The molecule has 18 heavy (non-hydrogen) atoms. The molecule has 2 rings (SSSR count). The molecule has 0 saturated heterocycles. The van der Waals surface area contributed by atoms with Gasteiger partial charge in [0.1, 0.15) is 0 Å². The SMILES string of the molecule is CC1CC(C)CC(NCC2CCCCC2CO)C1. The number of hydrogen-bond acceptors (Lipinski definition) is 2. The van der Waals surface area contributed by atoms with Gasteiger partial charge in [0.2, 0.25) is 0 Å². The Morgan fingerprint density at radius 1 is 0.944 bits per heavy atom. The Kier molecular flexibility index (Phi) is 5.50. The molecule has 2 fully saturated rings. The van der Waals surface area contributed by atoms with Gasteiger partial charge in [0.05, 0.1) is 0 Å². The molecule has 2 aliphatic carbocycles. The zero-order valence-corrected chi connectivity index (χ0v) is 12.2. The minimum absolute atomic E-state index is 0.393.